The van der Waals surface area contributed by atoms with Crippen LogP contribution in [0.1, 0.15) is 52.9 Å². The Hall–Kier alpha value is -0.730. The third kappa shape index (κ3) is 5.94. The van der Waals surface area contributed by atoms with Crippen molar-refractivity contribution in [1.29, 1.82) is 0 Å². The van der Waals surface area contributed by atoms with Crippen LogP contribution in [0.5, 0.6) is 0 Å². The SMILES string of the molecule is C=CC(F)(F)C(CCCCC)CC(=O)C(C)C. The summed E-state index contributed by atoms with van der Waals surface area (Å²) in [5, 5.41) is 0. The molecule has 0 aliphatic rings. The minimum absolute atomic E-state index is 0.0413. The number of allylic oxidation sites excluding steroid dienone is 1. The van der Waals surface area contributed by atoms with Gasteiger partial charge in [0.05, 0.1) is 0 Å². The van der Waals surface area contributed by atoms with E-state index >= 15 is 0 Å². The van der Waals surface area contributed by atoms with Gasteiger partial charge in [-0.2, -0.15) is 0 Å². The molecule has 0 fully saturated rings. The number of carbonyl (C=O) groups is 1. The van der Waals surface area contributed by atoms with E-state index in [2.05, 4.69) is 6.58 Å². The molecule has 17 heavy (non-hydrogen) atoms. The van der Waals surface area contributed by atoms with E-state index in [0.717, 1.165) is 19.3 Å². The summed E-state index contributed by atoms with van der Waals surface area (Å²) in [5.41, 5.74) is 0. The van der Waals surface area contributed by atoms with Crippen molar-refractivity contribution in [1.82, 2.24) is 0 Å². The summed E-state index contributed by atoms with van der Waals surface area (Å²) in [4.78, 5) is 11.6. The molecule has 0 aliphatic heterocycles. The maximum Gasteiger partial charge on any atom is 0.269 e. The summed E-state index contributed by atoms with van der Waals surface area (Å²) in [6.45, 7) is 8.70. The molecule has 1 atom stereocenters. The van der Waals surface area contributed by atoms with Crippen LogP contribution in [0.25, 0.3) is 0 Å². The molecule has 0 aromatic carbocycles. The van der Waals surface area contributed by atoms with Crippen LogP contribution in [-0.4, -0.2) is 11.7 Å². The van der Waals surface area contributed by atoms with Crippen LogP contribution in [0, 0.1) is 11.8 Å². The third-order valence-electron chi connectivity index (χ3n) is 3.06. The average Bonchev–Trinajstić information content (AvgIpc) is 2.27. The summed E-state index contributed by atoms with van der Waals surface area (Å²) >= 11 is 0. The molecule has 0 aliphatic carbocycles. The Balaban J connectivity index is 4.51. The van der Waals surface area contributed by atoms with Gasteiger partial charge < -0.3 is 0 Å². The minimum atomic E-state index is -2.93. The molecule has 0 saturated heterocycles. The lowest BCUT2D eigenvalue weighted by Gasteiger charge is -2.24. The maximum atomic E-state index is 13.6. The monoisotopic (exact) mass is 246 g/mol. The zero-order valence-electron chi connectivity index (χ0n) is 11.1. The number of Topliss-reactive ketones (excluding diaryl/α,β-unsaturated/α-hetero) is 1. The van der Waals surface area contributed by atoms with Gasteiger partial charge in [0.2, 0.25) is 0 Å². The number of rotatable bonds is 9. The summed E-state index contributed by atoms with van der Waals surface area (Å²) in [7, 11) is 0. The molecule has 0 bridgehead atoms. The van der Waals surface area contributed by atoms with Crippen LogP contribution in [0.2, 0.25) is 0 Å². The second kappa shape index (κ2) is 7.57. The molecule has 0 saturated carbocycles. The van der Waals surface area contributed by atoms with Crippen LogP contribution in [0.3, 0.4) is 0 Å². The molecule has 0 aromatic rings. The molecule has 0 N–H and O–H groups in total. The molecule has 0 rings (SSSR count). The lowest BCUT2D eigenvalue weighted by atomic mass is 9.87. The second-order valence-electron chi connectivity index (χ2n) is 4.90. The van der Waals surface area contributed by atoms with Gasteiger partial charge in [0.25, 0.3) is 5.92 Å². The van der Waals surface area contributed by atoms with Crippen molar-refractivity contribution in [2.24, 2.45) is 11.8 Å². The van der Waals surface area contributed by atoms with Crippen LogP contribution < -0.4 is 0 Å². The quantitative estimate of drug-likeness (QED) is 0.428. The molecule has 0 heterocycles. The van der Waals surface area contributed by atoms with E-state index in [0.29, 0.717) is 12.5 Å². The first-order valence-electron chi connectivity index (χ1n) is 6.39. The van der Waals surface area contributed by atoms with Crippen molar-refractivity contribution in [2.75, 3.05) is 0 Å². The Kier molecular flexibility index (Phi) is 7.24. The number of alkyl halides is 2. The summed E-state index contributed by atoms with van der Waals surface area (Å²) in [5.74, 6) is -4.09. The molecule has 100 valence electrons. The number of unbranched alkanes of at least 4 members (excludes halogenated alkanes) is 2. The van der Waals surface area contributed by atoms with Gasteiger partial charge in [0.1, 0.15) is 5.78 Å². The molecular formula is C14H24F2O. The van der Waals surface area contributed by atoms with Gasteiger partial charge in [0.15, 0.2) is 0 Å². The predicted octanol–water partition coefficient (Wildman–Crippen LogP) is 4.62. The second-order valence-corrected chi connectivity index (χ2v) is 4.90. The molecule has 1 nitrogen and oxygen atoms in total. The zero-order valence-corrected chi connectivity index (χ0v) is 11.1. The highest BCUT2D eigenvalue weighted by Gasteiger charge is 2.37. The predicted molar refractivity (Wildman–Crippen MR) is 67.2 cm³/mol. The molecule has 3 heteroatoms. The van der Waals surface area contributed by atoms with E-state index < -0.39 is 11.8 Å². The number of ketones is 1. The smallest absolute Gasteiger partial charge is 0.269 e. The van der Waals surface area contributed by atoms with Crippen molar-refractivity contribution in [2.45, 2.75) is 58.8 Å². The average molecular weight is 246 g/mol. The standard InChI is InChI=1S/C14H24F2O/c1-5-7-8-9-12(14(15,16)6-2)10-13(17)11(3)4/h6,11-12H,2,5,7-10H2,1,3-4H3. The van der Waals surface area contributed by atoms with E-state index in [1.807, 2.05) is 6.92 Å². The Morgan fingerprint density at radius 2 is 1.94 bits per heavy atom. The highest BCUT2D eigenvalue weighted by Crippen LogP contribution is 2.33. The van der Waals surface area contributed by atoms with Crippen molar-refractivity contribution < 1.29 is 13.6 Å². The first-order valence-corrected chi connectivity index (χ1v) is 6.39. The molecule has 0 radical (unpaired) electrons. The van der Waals surface area contributed by atoms with Crippen LogP contribution in [0.4, 0.5) is 8.78 Å². The first-order chi connectivity index (χ1) is 7.85. The van der Waals surface area contributed by atoms with E-state index in [4.69, 9.17) is 0 Å². The zero-order chi connectivity index (χ0) is 13.5. The molecular weight excluding hydrogens is 222 g/mol. The third-order valence-corrected chi connectivity index (χ3v) is 3.06. The van der Waals surface area contributed by atoms with Crippen molar-refractivity contribution >= 4 is 5.78 Å². The largest absolute Gasteiger partial charge is 0.299 e. The topological polar surface area (TPSA) is 17.1 Å². The Labute approximate surface area is 103 Å². The van der Waals surface area contributed by atoms with Gasteiger partial charge in [0, 0.05) is 18.3 Å². The van der Waals surface area contributed by atoms with E-state index in [-0.39, 0.29) is 18.1 Å². The van der Waals surface area contributed by atoms with Crippen molar-refractivity contribution in [3.05, 3.63) is 12.7 Å². The summed E-state index contributed by atoms with van der Waals surface area (Å²) in [6.07, 6.45) is 3.70. The normalized spacial score (nSPS) is 13.8. The lowest BCUT2D eigenvalue weighted by Crippen LogP contribution is -2.29. The van der Waals surface area contributed by atoms with Gasteiger partial charge in [-0.15, -0.1) is 0 Å². The fourth-order valence-corrected chi connectivity index (χ4v) is 1.72. The van der Waals surface area contributed by atoms with Crippen LogP contribution in [0.15, 0.2) is 12.7 Å². The van der Waals surface area contributed by atoms with Gasteiger partial charge in [-0.3, -0.25) is 4.79 Å². The number of halogens is 2. The van der Waals surface area contributed by atoms with Crippen LogP contribution in [-0.2, 0) is 4.79 Å². The molecule has 0 spiro atoms. The van der Waals surface area contributed by atoms with E-state index in [1.165, 1.54) is 0 Å². The Morgan fingerprint density at radius 3 is 2.35 bits per heavy atom. The lowest BCUT2D eigenvalue weighted by molar-refractivity contribution is -0.126. The van der Waals surface area contributed by atoms with E-state index in [9.17, 15) is 13.6 Å². The maximum absolute atomic E-state index is 13.6. The van der Waals surface area contributed by atoms with E-state index in [1.54, 1.807) is 13.8 Å². The molecule has 1 unspecified atom stereocenters. The highest BCUT2D eigenvalue weighted by atomic mass is 19.3. The minimum Gasteiger partial charge on any atom is -0.299 e. The van der Waals surface area contributed by atoms with Gasteiger partial charge in [-0.05, 0) is 12.5 Å². The highest BCUT2D eigenvalue weighted by molar-refractivity contribution is 5.80. The van der Waals surface area contributed by atoms with Crippen molar-refractivity contribution in [3.8, 4) is 0 Å². The number of carbonyl (C=O) groups excluding carboxylic acids is 1. The Bertz CT molecular complexity index is 247. The van der Waals surface area contributed by atoms with Crippen LogP contribution >= 0.6 is 0 Å². The van der Waals surface area contributed by atoms with Gasteiger partial charge in [-0.25, -0.2) is 8.78 Å². The van der Waals surface area contributed by atoms with Gasteiger partial charge in [-0.1, -0.05) is 46.6 Å². The van der Waals surface area contributed by atoms with Crippen molar-refractivity contribution in [3.63, 3.8) is 0 Å². The van der Waals surface area contributed by atoms with Gasteiger partial charge >= 0.3 is 0 Å². The number of hydrogen-bond acceptors (Lipinski definition) is 1. The number of hydrogen-bond donors (Lipinski definition) is 0. The Morgan fingerprint density at radius 1 is 1.35 bits per heavy atom. The summed E-state index contributed by atoms with van der Waals surface area (Å²) < 4.78 is 27.2. The molecule has 0 amide bonds. The molecule has 0 aromatic heterocycles. The fraction of sp³-hybridized carbons (Fsp3) is 0.786. The first kappa shape index (κ1) is 16.3. The fourth-order valence-electron chi connectivity index (χ4n) is 1.72. The summed E-state index contributed by atoms with van der Waals surface area (Å²) in [6, 6.07) is 0.